The zero-order valence-corrected chi connectivity index (χ0v) is 14.4. The summed E-state index contributed by atoms with van der Waals surface area (Å²) in [6.07, 6.45) is 1.43. The van der Waals surface area contributed by atoms with E-state index in [1.54, 1.807) is 18.2 Å². The van der Waals surface area contributed by atoms with Crippen LogP contribution in [0.2, 0.25) is 0 Å². The molecule has 3 aromatic rings. The Morgan fingerprint density at radius 3 is 2.65 bits per heavy atom. The van der Waals surface area contributed by atoms with E-state index < -0.39 is 0 Å². The molecule has 4 nitrogen and oxygen atoms in total. The summed E-state index contributed by atoms with van der Waals surface area (Å²) < 4.78 is 2.16. The van der Waals surface area contributed by atoms with Crippen molar-refractivity contribution in [1.82, 2.24) is 9.55 Å². The van der Waals surface area contributed by atoms with E-state index in [2.05, 4.69) is 20.9 Å². The van der Waals surface area contributed by atoms with Crippen LogP contribution in [0.25, 0.3) is 10.9 Å². The van der Waals surface area contributed by atoms with Crippen LogP contribution in [-0.2, 0) is 6.54 Å². The number of aromatic nitrogens is 2. The Labute approximate surface area is 141 Å². The van der Waals surface area contributed by atoms with Crippen LogP contribution in [0.4, 0.5) is 0 Å². The molecule has 2 aromatic carbocycles. The molecule has 0 amide bonds. The van der Waals surface area contributed by atoms with Crippen molar-refractivity contribution >= 4 is 32.6 Å². The van der Waals surface area contributed by atoms with Gasteiger partial charge in [-0.15, -0.1) is 0 Å². The zero-order valence-electron chi connectivity index (χ0n) is 12.8. The Kier molecular flexibility index (Phi) is 4.13. The number of aryl methyl sites for hydroxylation is 2. The molecule has 0 saturated heterocycles. The number of nitrogens with zero attached hydrogens (tertiary/aromatic N) is 2. The molecular formula is C18H15BrN2O2. The number of hydrogen-bond donors (Lipinski definition) is 0. The molecule has 5 heteroatoms. The fourth-order valence-electron chi connectivity index (χ4n) is 2.40. The molecule has 1 heterocycles. The third-order valence-electron chi connectivity index (χ3n) is 3.93. The number of Topliss-reactive ketones (excluding diaryl/α,β-unsaturated/α-hetero) is 1. The standard InChI is InChI=1S/C18H15BrN2O2/c1-11-3-4-13(7-12(11)2)17(22)9-21-10-20-16-6-5-14(19)8-15(16)18(21)23/h3-8,10H,9H2,1-2H3. The van der Waals surface area contributed by atoms with Crippen LogP contribution in [-0.4, -0.2) is 15.3 Å². The highest BCUT2D eigenvalue weighted by molar-refractivity contribution is 9.10. The molecule has 0 spiro atoms. The maximum Gasteiger partial charge on any atom is 0.261 e. The molecule has 0 N–H and O–H groups in total. The largest absolute Gasteiger partial charge is 0.292 e. The second kappa shape index (κ2) is 6.08. The summed E-state index contributed by atoms with van der Waals surface area (Å²) in [5.41, 5.74) is 3.20. The molecule has 0 aliphatic carbocycles. The molecule has 0 radical (unpaired) electrons. The summed E-state index contributed by atoms with van der Waals surface area (Å²) in [5.74, 6) is -0.105. The van der Waals surface area contributed by atoms with E-state index in [9.17, 15) is 9.59 Å². The van der Waals surface area contributed by atoms with E-state index in [-0.39, 0.29) is 17.9 Å². The summed E-state index contributed by atoms with van der Waals surface area (Å²) in [4.78, 5) is 29.2. The second-order valence-corrected chi connectivity index (χ2v) is 6.48. The molecule has 0 unspecified atom stereocenters. The van der Waals surface area contributed by atoms with Gasteiger partial charge in [-0.3, -0.25) is 14.2 Å². The fraction of sp³-hybridized carbons (Fsp3) is 0.167. The average molecular weight is 371 g/mol. The Morgan fingerprint density at radius 2 is 1.91 bits per heavy atom. The van der Waals surface area contributed by atoms with E-state index in [1.807, 2.05) is 32.0 Å². The highest BCUT2D eigenvalue weighted by Crippen LogP contribution is 2.15. The molecule has 116 valence electrons. The van der Waals surface area contributed by atoms with Crippen molar-refractivity contribution in [3.8, 4) is 0 Å². The Morgan fingerprint density at radius 1 is 1.13 bits per heavy atom. The van der Waals surface area contributed by atoms with Crippen LogP contribution in [0, 0.1) is 13.8 Å². The summed E-state index contributed by atoms with van der Waals surface area (Å²) >= 11 is 3.35. The molecule has 0 bridgehead atoms. The first-order valence-corrected chi connectivity index (χ1v) is 8.00. The normalized spacial score (nSPS) is 10.9. The topological polar surface area (TPSA) is 52.0 Å². The summed E-state index contributed by atoms with van der Waals surface area (Å²) in [5, 5.41) is 0.495. The number of ketones is 1. The van der Waals surface area contributed by atoms with E-state index in [0.29, 0.717) is 16.5 Å². The lowest BCUT2D eigenvalue weighted by molar-refractivity contribution is 0.0970. The lowest BCUT2D eigenvalue weighted by atomic mass is 10.0. The van der Waals surface area contributed by atoms with Gasteiger partial charge in [0.1, 0.15) is 0 Å². The van der Waals surface area contributed by atoms with Gasteiger partial charge in [0.05, 0.1) is 23.8 Å². The van der Waals surface area contributed by atoms with Crippen LogP contribution in [0.15, 0.2) is 52.0 Å². The first-order valence-electron chi connectivity index (χ1n) is 7.21. The van der Waals surface area contributed by atoms with Gasteiger partial charge in [0.2, 0.25) is 0 Å². The summed E-state index contributed by atoms with van der Waals surface area (Å²) in [6.45, 7) is 3.95. The Bertz CT molecular complexity index is 976. The summed E-state index contributed by atoms with van der Waals surface area (Å²) in [6, 6.07) is 10.9. The first-order chi connectivity index (χ1) is 11.0. The van der Waals surface area contributed by atoms with Gasteiger partial charge in [-0.1, -0.05) is 28.1 Å². The molecule has 3 rings (SSSR count). The number of carbonyl (C=O) groups is 1. The van der Waals surface area contributed by atoms with Crippen molar-refractivity contribution in [2.45, 2.75) is 20.4 Å². The van der Waals surface area contributed by atoms with Crippen molar-refractivity contribution in [3.05, 3.63) is 74.2 Å². The first kappa shape index (κ1) is 15.6. The average Bonchev–Trinajstić information content (AvgIpc) is 2.53. The van der Waals surface area contributed by atoms with Gasteiger partial charge in [-0.05, 0) is 49.2 Å². The monoisotopic (exact) mass is 370 g/mol. The van der Waals surface area contributed by atoms with Gasteiger partial charge in [0.15, 0.2) is 5.78 Å². The third kappa shape index (κ3) is 3.10. The highest BCUT2D eigenvalue weighted by atomic mass is 79.9. The number of halogens is 1. The lowest BCUT2D eigenvalue weighted by Gasteiger charge is -2.08. The molecule has 0 atom stereocenters. The number of benzene rings is 2. The van der Waals surface area contributed by atoms with E-state index in [0.717, 1.165) is 15.6 Å². The van der Waals surface area contributed by atoms with Crippen molar-refractivity contribution in [2.24, 2.45) is 0 Å². The number of hydrogen-bond acceptors (Lipinski definition) is 3. The zero-order chi connectivity index (χ0) is 16.6. The second-order valence-electron chi connectivity index (χ2n) is 5.56. The number of fused-ring (bicyclic) bond motifs is 1. The van der Waals surface area contributed by atoms with Gasteiger partial charge in [0.25, 0.3) is 5.56 Å². The predicted molar refractivity (Wildman–Crippen MR) is 93.9 cm³/mol. The minimum Gasteiger partial charge on any atom is -0.292 e. The van der Waals surface area contributed by atoms with Gasteiger partial charge < -0.3 is 0 Å². The van der Waals surface area contributed by atoms with Gasteiger partial charge in [-0.25, -0.2) is 4.98 Å². The van der Waals surface area contributed by atoms with Gasteiger partial charge in [0, 0.05) is 10.0 Å². The number of rotatable bonds is 3. The van der Waals surface area contributed by atoms with Crippen LogP contribution >= 0.6 is 15.9 Å². The molecule has 23 heavy (non-hydrogen) atoms. The highest BCUT2D eigenvalue weighted by Gasteiger charge is 2.11. The van der Waals surface area contributed by atoms with Gasteiger partial charge in [-0.2, -0.15) is 0 Å². The predicted octanol–water partition coefficient (Wildman–Crippen LogP) is 3.66. The smallest absolute Gasteiger partial charge is 0.261 e. The van der Waals surface area contributed by atoms with Crippen molar-refractivity contribution in [3.63, 3.8) is 0 Å². The minimum absolute atomic E-state index is 0.0171. The van der Waals surface area contributed by atoms with Gasteiger partial charge >= 0.3 is 0 Å². The molecule has 0 aliphatic rings. The van der Waals surface area contributed by atoms with Crippen LogP contribution in [0.1, 0.15) is 21.5 Å². The third-order valence-corrected chi connectivity index (χ3v) is 4.42. The lowest BCUT2D eigenvalue weighted by Crippen LogP contribution is -2.24. The van der Waals surface area contributed by atoms with Crippen molar-refractivity contribution < 1.29 is 4.79 Å². The maximum atomic E-state index is 12.5. The van der Waals surface area contributed by atoms with Crippen LogP contribution < -0.4 is 5.56 Å². The van der Waals surface area contributed by atoms with E-state index >= 15 is 0 Å². The van der Waals surface area contributed by atoms with E-state index in [1.165, 1.54) is 10.9 Å². The van der Waals surface area contributed by atoms with Crippen LogP contribution in [0.5, 0.6) is 0 Å². The molecular weight excluding hydrogens is 356 g/mol. The van der Waals surface area contributed by atoms with Crippen molar-refractivity contribution in [1.29, 1.82) is 0 Å². The Balaban J connectivity index is 1.97. The molecule has 0 fully saturated rings. The quantitative estimate of drug-likeness (QED) is 0.661. The van der Waals surface area contributed by atoms with Crippen molar-refractivity contribution in [2.75, 3.05) is 0 Å². The molecule has 0 saturated carbocycles. The fourth-order valence-corrected chi connectivity index (χ4v) is 2.77. The van der Waals surface area contributed by atoms with E-state index in [4.69, 9.17) is 0 Å². The SMILES string of the molecule is Cc1ccc(C(=O)Cn2cnc3ccc(Br)cc3c2=O)cc1C. The minimum atomic E-state index is -0.214. The maximum absolute atomic E-state index is 12.5. The van der Waals surface area contributed by atoms with Crippen LogP contribution in [0.3, 0.4) is 0 Å². The number of carbonyl (C=O) groups excluding carboxylic acids is 1. The summed E-state index contributed by atoms with van der Waals surface area (Å²) in [7, 11) is 0. The molecule has 0 aliphatic heterocycles. The molecule has 1 aromatic heterocycles. The Hall–Kier alpha value is -2.27.